The van der Waals surface area contributed by atoms with E-state index >= 15 is 0 Å². The molecule has 40 heavy (non-hydrogen) atoms. The molecule has 1 amide bonds. The van der Waals surface area contributed by atoms with E-state index in [0.717, 1.165) is 23.3 Å². The molecule has 5 rings (SSSR count). The van der Waals surface area contributed by atoms with E-state index in [0.29, 0.717) is 47.7 Å². The van der Waals surface area contributed by atoms with Gasteiger partial charge in [0.2, 0.25) is 0 Å². The maximum absolute atomic E-state index is 13.8. The molecule has 1 heterocycles. The number of amides is 1. The quantitative estimate of drug-likeness (QED) is 0.266. The third-order valence-electron chi connectivity index (χ3n) is 7.86. The molecule has 0 saturated heterocycles. The van der Waals surface area contributed by atoms with Gasteiger partial charge < -0.3 is 10.4 Å². The van der Waals surface area contributed by atoms with Crippen LogP contribution in [0.3, 0.4) is 0 Å². The Bertz CT molecular complexity index is 1520. The minimum atomic E-state index is -4.46. The van der Waals surface area contributed by atoms with Crippen LogP contribution in [0.1, 0.15) is 54.1 Å². The van der Waals surface area contributed by atoms with E-state index in [1.54, 1.807) is 23.0 Å². The average Bonchev–Trinajstić information content (AvgIpc) is 3.35. The first-order chi connectivity index (χ1) is 19.1. The zero-order valence-electron chi connectivity index (χ0n) is 22.0. The van der Waals surface area contributed by atoms with Crippen molar-refractivity contribution in [3.8, 4) is 11.1 Å². The van der Waals surface area contributed by atoms with E-state index < -0.39 is 17.7 Å². The number of aromatic nitrogens is 2. The van der Waals surface area contributed by atoms with E-state index in [1.807, 2.05) is 43.3 Å². The number of halogens is 3. The Morgan fingerprint density at radius 2 is 1.73 bits per heavy atom. The van der Waals surface area contributed by atoms with Crippen LogP contribution in [0.4, 0.5) is 13.2 Å². The molecule has 208 valence electrons. The van der Waals surface area contributed by atoms with Gasteiger partial charge in [0.25, 0.3) is 5.91 Å². The molecule has 0 bridgehead atoms. The van der Waals surface area contributed by atoms with Crippen molar-refractivity contribution in [1.82, 2.24) is 15.1 Å². The maximum Gasteiger partial charge on any atom is 0.416 e. The number of carboxylic acid groups (broad SMARTS) is 1. The number of nitrogens with zero attached hydrogens (tertiary/aromatic N) is 2. The molecule has 1 aliphatic rings. The molecule has 1 atom stereocenters. The van der Waals surface area contributed by atoms with Gasteiger partial charge in [-0.1, -0.05) is 42.5 Å². The fourth-order valence-corrected chi connectivity index (χ4v) is 5.61. The van der Waals surface area contributed by atoms with Gasteiger partial charge in [-0.25, -0.2) is 0 Å². The van der Waals surface area contributed by atoms with E-state index in [9.17, 15) is 27.9 Å². The molecule has 0 spiro atoms. The molecule has 1 saturated carbocycles. The molecule has 2 N–H and O–H groups in total. The predicted molar refractivity (Wildman–Crippen MR) is 146 cm³/mol. The Kier molecular flexibility index (Phi) is 7.65. The number of fused-ring (bicyclic) bond motifs is 1. The molecule has 6 nitrogen and oxygen atoms in total. The lowest BCUT2D eigenvalue weighted by molar-refractivity contribution is -0.143. The third-order valence-corrected chi connectivity index (χ3v) is 7.86. The fraction of sp³-hybridized carbons (Fsp3) is 0.323. The Balaban J connectivity index is 1.48. The van der Waals surface area contributed by atoms with E-state index in [4.69, 9.17) is 0 Å². The Morgan fingerprint density at radius 3 is 2.40 bits per heavy atom. The summed E-state index contributed by atoms with van der Waals surface area (Å²) in [5, 5.41) is 17.6. The summed E-state index contributed by atoms with van der Waals surface area (Å²) in [6.45, 7) is 2.00. The molecule has 1 aliphatic carbocycles. The van der Waals surface area contributed by atoms with Gasteiger partial charge in [-0.3, -0.25) is 14.3 Å². The first-order valence-corrected chi connectivity index (χ1v) is 13.3. The number of benzene rings is 3. The lowest BCUT2D eigenvalue weighted by Gasteiger charge is -2.31. The zero-order chi connectivity index (χ0) is 28.4. The van der Waals surface area contributed by atoms with Gasteiger partial charge in [-0.05, 0) is 79.5 Å². The van der Waals surface area contributed by atoms with Crippen molar-refractivity contribution < 1.29 is 27.9 Å². The maximum atomic E-state index is 13.8. The van der Waals surface area contributed by atoms with Crippen LogP contribution in [0, 0.1) is 11.8 Å². The van der Waals surface area contributed by atoms with Gasteiger partial charge in [-0.2, -0.15) is 18.3 Å². The monoisotopic (exact) mass is 549 g/mol. The summed E-state index contributed by atoms with van der Waals surface area (Å²) < 4.78 is 41.5. The summed E-state index contributed by atoms with van der Waals surface area (Å²) in [5.41, 5.74) is 2.35. The van der Waals surface area contributed by atoms with E-state index in [1.165, 1.54) is 6.07 Å². The highest BCUT2D eigenvalue weighted by Crippen LogP contribution is 2.33. The van der Waals surface area contributed by atoms with Crippen molar-refractivity contribution in [2.45, 2.75) is 51.4 Å². The highest BCUT2D eigenvalue weighted by molar-refractivity contribution is 6.07. The number of carbonyl (C=O) groups is 2. The number of aliphatic carboxylic acids is 1. The van der Waals surface area contributed by atoms with Crippen LogP contribution >= 0.6 is 0 Å². The van der Waals surface area contributed by atoms with Crippen molar-refractivity contribution >= 4 is 22.8 Å². The number of hydrogen-bond donors (Lipinski definition) is 2. The summed E-state index contributed by atoms with van der Waals surface area (Å²) >= 11 is 0. The molecule has 0 unspecified atom stereocenters. The largest absolute Gasteiger partial charge is 0.481 e. The number of alkyl halides is 3. The van der Waals surface area contributed by atoms with E-state index in [-0.39, 0.29) is 30.3 Å². The lowest BCUT2D eigenvalue weighted by atomic mass is 9.79. The molecule has 3 aromatic carbocycles. The van der Waals surface area contributed by atoms with Crippen LogP contribution in [0.25, 0.3) is 22.0 Å². The van der Waals surface area contributed by atoms with Gasteiger partial charge in [-0.15, -0.1) is 0 Å². The second-order valence-corrected chi connectivity index (χ2v) is 10.5. The van der Waals surface area contributed by atoms with Crippen molar-refractivity contribution in [3.05, 3.63) is 89.6 Å². The van der Waals surface area contributed by atoms with Crippen molar-refractivity contribution in [2.24, 2.45) is 11.8 Å². The summed E-state index contributed by atoms with van der Waals surface area (Å²) in [5.74, 6) is -1.26. The smallest absolute Gasteiger partial charge is 0.416 e. The van der Waals surface area contributed by atoms with Crippen LogP contribution in [0.5, 0.6) is 0 Å². The van der Waals surface area contributed by atoms with E-state index in [2.05, 4.69) is 10.4 Å². The summed E-state index contributed by atoms with van der Waals surface area (Å²) in [6, 6.07) is 18.3. The van der Waals surface area contributed by atoms with Gasteiger partial charge >= 0.3 is 12.1 Å². The summed E-state index contributed by atoms with van der Waals surface area (Å²) in [4.78, 5) is 25.1. The SMILES string of the molecule is C[C@@H](NC(=O)c1cc(-c2ccccc2)cc2cnn(Cc3cccc(C(F)(F)F)c3)c12)C1CCC(C(=O)O)CC1. The first-order valence-electron chi connectivity index (χ1n) is 13.3. The number of carboxylic acids is 1. The van der Waals surface area contributed by atoms with Crippen molar-refractivity contribution in [3.63, 3.8) is 0 Å². The van der Waals surface area contributed by atoms with Crippen LogP contribution in [0.15, 0.2) is 72.9 Å². The van der Waals surface area contributed by atoms with Gasteiger partial charge in [0.1, 0.15) is 0 Å². The highest BCUT2D eigenvalue weighted by atomic mass is 19.4. The molecule has 0 radical (unpaired) electrons. The third kappa shape index (κ3) is 5.88. The van der Waals surface area contributed by atoms with Gasteiger partial charge in [0.15, 0.2) is 0 Å². The lowest BCUT2D eigenvalue weighted by Crippen LogP contribution is -2.40. The van der Waals surface area contributed by atoms with Gasteiger partial charge in [0.05, 0.1) is 35.3 Å². The van der Waals surface area contributed by atoms with Crippen LogP contribution in [-0.4, -0.2) is 32.8 Å². The average molecular weight is 550 g/mol. The zero-order valence-corrected chi connectivity index (χ0v) is 22.0. The van der Waals surface area contributed by atoms with Crippen molar-refractivity contribution in [2.75, 3.05) is 0 Å². The minimum Gasteiger partial charge on any atom is -0.481 e. The van der Waals surface area contributed by atoms with Crippen molar-refractivity contribution in [1.29, 1.82) is 0 Å². The first kappa shape index (κ1) is 27.4. The molecule has 1 fully saturated rings. The molecular weight excluding hydrogens is 519 g/mol. The molecule has 4 aromatic rings. The summed E-state index contributed by atoms with van der Waals surface area (Å²) in [7, 11) is 0. The predicted octanol–water partition coefficient (Wildman–Crippen LogP) is 6.78. The Labute approximate surface area is 229 Å². The summed E-state index contributed by atoms with van der Waals surface area (Å²) in [6.07, 6.45) is -0.244. The van der Waals surface area contributed by atoms with Crippen LogP contribution in [-0.2, 0) is 17.5 Å². The minimum absolute atomic E-state index is 0.0626. The van der Waals surface area contributed by atoms with Crippen LogP contribution in [0.2, 0.25) is 0 Å². The normalized spacial score (nSPS) is 18.4. The molecular formula is C31H30F3N3O3. The Hall–Kier alpha value is -4.14. The molecule has 9 heteroatoms. The molecule has 1 aromatic heterocycles. The van der Waals surface area contributed by atoms with Gasteiger partial charge in [0, 0.05) is 11.4 Å². The highest BCUT2D eigenvalue weighted by Gasteiger charge is 2.31. The topological polar surface area (TPSA) is 84.2 Å². The number of hydrogen-bond acceptors (Lipinski definition) is 3. The fourth-order valence-electron chi connectivity index (χ4n) is 5.61. The number of nitrogens with one attached hydrogen (secondary N) is 1. The number of carbonyl (C=O) groups excluding carboxylic acids is 1. The Morgan fingerprint density at radius 1 is 1.00 bits per heavy atom. The second kappa shape index (κ2) is 11.2. The second-order valence-electron chi connectivity index (χ2n) is 10.5. The molecule has 0 aliphatic heterocycles. The standard InChI is InChI=1S/C31H30F3N3O3/c1-19(21-10-12-23(13-11-21)30(39)40)36-29(38)27-16-24(22-7-3-2-4-8-22)15-25-17-35-37(28(25)27)18-20-6-5-9-26(14-20)31(32,33)34/h2-9,14-17,19,21,23H,10-13,18H2,1H3,(H,36,38)(H,39,40)/t19-,21?,23?/m1/s1. The van der Waals surface area contributed by atoms with Crippen LogP contribution < -0.4 is 5.32 Å². The number of rotatable bonds is 7.